The van der Waals surface area contributed by atoms with E-state index in [4.69, 9.17) is 4.74 Å². The van der Waals surface area contributed by atoms with E-state index >= 15 is 0 Å². The minimum atomic E-state index is 0.0852. The SMILES string of the molecule is COc1ccc2c(C)c(C(=O)N3CCN(Cc4ccccc4)CC3)[nH]c2c1. The summed E-state index contributed by atoms with van der Waals surface area (Å²) in [5, 5.41) is 1.07. The molecule has 1 saturated heterocycles. The summed E-state index contributed by atoms with van der Waals surface area (Å²) >= 11 is 0. The Kier molecular flexibility index (Phi) is 4.86. The molecule has 0 spiro atoms. The van der Waals surface area contributed by atoms with Gasteiger partial charge in [0, 0.05) is 49.7 Å². The van der Waals surface area contributed by atoms with Crippen molar-refractivity contribution in [3.8, 4) is 5.75 Å². The van der Waals surface area contributed by atoms with Gasteiger partial charge in [-0.25, -0.2) is 0 Å². The number of ether oxygens (including phenoxy) is 1. The third kappa shape index (κ3) is 3.55. The van der Waals surface area contributed by atoms with E-state index in [1.165, 1.54) is 5.56 Å². The zero-order valence-corrected chi connectivity index (χ0v) is 15.9. The predicted molar refractivity (Wildman–Crippen MR) is 107 cm³/mol. The van der Waals surface area contributed by atoms with Crippen molar-refractivity contribution in [2.75, 3.05) is 33.3 Å². The summed E-state index contributed by atoms with van der Waals surface area (Å²) in [4.78, 5) is 20.7. The highest BCUT2D eigenvalue weighted by Gasteiger charge is 2.25. The van der Waals surface area contributed by atoms with Gasteiger partial charge in [0.2, 0.25) is 0 Å². The Hall–Kier alpha value is -2.79. The molecule has 1 amide bonds. The summed E-state index contributed by atoms with van der Waals surface area (Å²) in [5.41, 5.74) is 3.95. The first kappa shape index (κ1) is 17.6. The number of aromatic nitrogens is 1. The lowest BCUT2D eigenvalue weighted by molar-refractivity contribution is 0.0623. The van der Waals surface area contributed by atoms with E-state index in [0.29, 0.717) is 5.69 Å². The molecule has 0 atom stereocenters. The van der Waals surface area contributed by atoms with Crippen LogP contribution in [0.3, 0.4) is 0 Å². The molecule has 1 aliphatic rings. The number of aromatic amines is 1. The quantitative estimate of drug-likeness (QED) is 0.772. The fourth-order valence-electron chi connectivity index (χ4n) is 3.77. The van der Waals surface area contributed by atoms with Crippen LogP contribution in [0, 0.1) is 6.92 Å². The fraction of sp³-hybridized carbons (Fsp3) is 0.318. The van der Waals surface area contributed by atoms with Gasteiger partial charge in [-0.15, -0.1) is 0 Å². The second kappa shape index (κ2) is 7.45. The third-order valence-electron chi connectivity index (χ3n) is 5.39. The second-order valence-corrected chi connectivity index (χ2v) is 7.09. The molecule has 140 valence electrons. The zero-order chi connectivity index (χ0) is 18.8. The van der Waals surface area contributed by atoms with Crippen LogP contribution in [0.4, 0.5) is 0 Å². The van der Waals surface area contributed by atoms with Gasteiger partial charge in [0.1, 0.15) is 11.4 Å². The molecule has 0 radical (unpaired) electrons. The first-order valence-corrected chi connectivity index (χ1v) is 9.37. The summed E-state index contributed by atoms with van der Waals surface area (Å²) in [6.45, 7) is 6.24. The number of fused-ring (bicyclic) bond motifs is 1. The van der Waals surface area contributed by atoms with E-state index < -0.39 is 0 Å². The Morgan fingerprint density at radius 3 is 2.52 bits per heavy atom. The number of rotatable bonds is 4. The number of nitrogens with zero attached hydrogens (tertiary/aromatic N) is 2. The van der Waals surface area contributed by atoms with E-state index in [0.717, 1.165) is 54.9 Å². The van der Waals surface area contributed by atoms with E-state index in [-0.39, 0.29) is 5.91 Å². The third-order valence-corrected chi connectivity index (χ3v) is 5.39. The van der Waals surface area contributed by atoms with Crippen LogP contribution in [0.1, 0.15) is 21.6 Å². The molecule has 5 nitrogen and oxygen atoms in total. The van der Waals surface area contributed by atoms with Gasteiger partial charge in [-0.1, -0.05) is 30.3 Å². The number of amides is 1. The van der Waals surface area contributed by atoms with Gasteiger partial charge in [-0.05, 0) is 30.2 Å². The molecule has 0 aliphatic carbocycles. The maximum absolute atomic E-state index is 13.1. The lowest BCUT2D eigenvalue weighted by Crippen LogP contribution is -2.48. The molecule has 1 N–H and O–H groups in total. The van der Waals surface area contributed by atoms with Crippen molar-refractivity contribution in [2.24, 2.45) is 0 Å². The molecule has 0 saturated carbocycles. The smallest absolute Gasteiger partial charge is 0.270 e. The molecule has 1 fully saturated rings. The normalized spacial score (nSPS) is 15.3. The van der Waals surface area contributed by atoms with Gasteiger partial charge in [0.15, 0.2) is 0 Å². The lowest BCUT2D eigenvalue weighted by atomic mass is 10.1. The number of aryl methyl sites for hydroxylation is 1. The van der Waals surface area contributed by atoms with Crippen molar-refractivity contribution in [1.29, 1.82) is 0 Å². The second-order valence-electron chi connectivity index (χ2n) is 7.09. The van der Waals surface area contributed by atoms with Crippen molar-refractivity contribution >= 4 is 16.8 Å². The fourth-order valence-corrected chi connectivity index (χ4v) is 3.77. The lowest BCUT2D eigenvalue weighted by Gasteiger charge is -2.34. The highest BCUT2D eigenvalue weighted by Crippen LogP contribution is 2.26. The number of methoxy groups -OCH3 is 1. The molecule has 0 bridgehead atoms. The molecule has 1 aromatic heterocycles. The van der Waals surface area contributed by atoms with Crippen molar-refractivity contribution in [3.05, 3.63) is 65.4 Å². The first-order chi connectivity index (χ1) is 13.2. The monoisotopic (exact) mass is 363 g/mol. The minimum Gasteiger partial charge on any atom is -0.497 e. The van der Waals surface area contributed by atoms with Crippen LogP contribution in [0.15, 0.2) is 48.5 Å². The summed E-state index contributed by atoms with van der Waals surface area (Å²) in [5.74, 6) is 0.874. The molecule has 2 heterocycles. The number of hydrogen-bond acceptors (Lipinski definition) is 3. The Balaban J connectivity index is 1.45. The van der Waals surface area contributed by atoms with E-state index in [9.17, 15) is 4.79 Å². The van der Waals surface area contributed by atoms with Crippen LogP contribution in [-0.2, 0) is 6.54 Å². The number of carbonyl (C=O) groups excluding carboxylic acids is 1. The van der Waals surface area contributed by atoms with Gasteiger partial charge in [0.25, 0.3) is 5.91 Å². The molecular weight excluding hydrogens is 338 g/mol. The molecular formula is C22H25N3O2. The molecule has 3 aromatic rings. The van der Waals surface area contributed by atoms with Gasteiger partial charge in [-0.3, -0.25) is 9.69 Å². The number of piperazine rings is 1. The Bertz CT molecular complexity index is 941. The van der Waals surface area contributed by atoms with Crippen molar-refractivity contribution < 1.29 is 9.53 Å². The predicted octanol–water partition coefficient (Wildman–Crippen LogP) is 3.44. The number of carbonyl (C=O) groups is 1. The van der Waals surface area contributed by atoms with Crippen LogP contribution in [0.25, 0.3) is 10.9 Å². The average Bonchev–Trinajstić information content (AvgIpc) is 3.04. The van der Waals surface area contributed by atoms with Crippen molar-refractivity contribution in [1.82, 2.24) is 14.8 Å². The summed E-state index contributed by atoms with van der Waals surface area (Å²) in [6.07, 6.45) is 0. The van der Waals surface area contributed by atoms with E-state index in [2.05, 4.69) is 34.1 Å². The number of benzene rings is 2. The maximum Gasteiger partial charge on any atom is 0.270 e. The largest absolute Gasteiger partial charge is 0.497 e. The summed E-state index contributed by atoms with van der Waals surface area (Å²) < 4.78 is 5.29. The van der Waals surface area contributed by atoms with Crippen LogP contribution in [0.2, 0.25) is 0 Å². The maximum atomic E-state index is 13.1. The van der Waals surface area contributed by atoms with Crippen LogP contribution in [0.5, 0.6) is 5.75 Å². The standard InChI is InChI=1S/C22H25N3O2/c1-16-19-9-8-18(27-2)14-20(19)23-21(16)22(26)25-12-10-24(11-13-25)15-17-6-4-3-5-7-17/h3-9,14,23H,10-13,15H2,1-2H3. The van der Waals surface area contributed by atoms with E-state index in [1.807, 2.05) is 36.1 Å². The number of nitrogens with one attached hydrogen (secondary N) is 1. The number of H-pyrrole nitrogens is 1. The zero-order valence-electron chi connectivity index (χ0n) is 15.9. The molecule has 5 heteroatoms. The van der Waals surface area contributed by atoms with Gasteiger partial charge >= 0.3 is 0 Å². The van der Waals surface area contributed by atoms with Crippen LogP contribution in [-0.4, -0.2) is 54.0 Å². The molecule has 4 rings (SSSR count). The first-order valence-electron chi connectivity index (χ1n) is 9.37. The van der Waals surface area contributed by atoms with Crippen molar-refractivity contribution in [3.63, 3.8) is 0 Å². The van der Waals surface area contributed by atoms with Crippen LogP contribution >= 0.6 is 0 Å². The molecule has 0 unspecified atom stereocenters. The Morgan fingerprint density at radius 1 is 1.07 bits per heavy atom. The molecule has 1 aliphatic heterocycles. The highest BCUT2D eigenvalue weighted by atomic mass is 16.5. The highest BCUT2D eigenvalue weighted by molar-refractivity contribution is 6.01. The van der Waals surface area contributed by atoms with Crippen molar-refractivity contribution in [2.45, 2.75) is 13.5 Å². The average molecular weight is 363 g/mol. The van der Waals surface area contributed by atoms with Gasteiger partial charge in [-0.2, -0.15) is 0 Å². The van der Waals surface area contributed by atoms with Crippen LogP contribution < -0.4 is 4.74 Å². The summed E-state index contributed by atoms with van der Waals surface area (Å²) in [6, 6.07) is 16.4. The molecule has 2 aromatic carbocycles. The van der Waals surface area contributed by atoms with E-state index in [1.54, 1.807) is 7.11 Å². The van der Waals surface area contributed by atoms with Gasteiger partial charge < -0.3 is 14.6 Å². The number of hydrogen-bond donors (Lipinski definition) is 1. The Morgan fingerprint density at radius 2 is 1.81 bits per heavy atom. The molecule has 27 heavy (non-hydrogen) atoms. The Labute approximate surface area is 159 Å². The minimum absolute atomic E-state index is 0.0852. The van der Waals surface area contributed by atoms with Gasteiger partial charge in [0.05, 0.1) is 7.11 Å². The topological polar surface area (TPSA) is 48.6 Å². The summed E-state index contributed by atoms with van der Waals surface area (Å²) in [7, 11) is 1.65.